The molecule has 3 aromatic rings. The Kier molecular flexibility index (Phi) is 8.73. The van der Waals surface area contributed by atoms with Gasteiger partial charge in [0.25, 0.3) is 22.0 Å². The molecule has 0 aliphatic carbocycles. The smallest absolute Gasteiger partial charge is 0.357 e. The molecule has 0 saturated carbocycles. The first-order chi connectivity index (χ1) is 19.7. The average Bonchev–Trinajstić information content (AvgIpc) is 2.90. The van der Waals surface area contributed by atoms with Crippen LogP contribution in [0.5, 0.6) is 5.75 Å². The maximum atomic E-state index is 13.2. The van der Waals surface area contributed by atoms with E-state index in [4.69, 9.17) is 25.8 Å². The van der Waals surface area contributed by atoms with Crippen molar-refractivity contribution in [1.82, 2.24) is 4.72 Å². The van der Waals surface area contributed by atoms with Crippen molar-refractivity contribution in [3.8, 4) is 5.75 Å². The fourth-order valence-electron chi connectivity index (χ4n) is 3.76. The van der Waals surface area contributed by atoms with Gasteiger partial charge in [-0.15, -0.1) is 0 Å². The van der Waals surface area contributed by atoms with Crippen molar-refractivity contribution in [2.75, 3.05) is 10.6 Å². The van der Waals surface area contributed by atoms with Crippen LogP contribution in [0, 0.1) is 0 Å². The molecule has 12 nitrogen and oxygen atoms in total. The Morgan fingerprint density at radius 1 is 1.02 bits per heavy atom. The minimum Gasteiger partial charge on any atom is -0.466 e. The molecule has 3 aromatic carbocycles. The zero-order valence-electron chi connectivity index (χ0n) is 22.6. The summed E-state index contributed by atoms with van der Waals surface area (Å²) in [5.41, 5.74) is -0.632. The summed E-state index contributed by atoms with van der Waals surface area (Å²) in [4.78, 5) is 50.1. The molecule has 0 aromatic heterocycles. The third kappa shape index (κ3) is 7.36. The number of rotatable bonds is 7. The van der Waals surface area contributed by atoms with E-state index in [0.29, 0.717) is 0 Å². The Labute approximate surface area is 246 Å². The van der Waals surface area contributed by atoms with Gasteiger partial charge in [0, 0.05) is 5.02 Å². The lowest BCUT2D eigenvalue weighted by Gasteiger charge is -2.28. The normalized spacial score (nSPS) is 14.5. The second kappa shape index (κ2) is 12.1. The zero-order valence-corrected chi connectivity index (χ0v) is 24.2. The number of para-hydroxylation sites is 1. The maximum Gasteiger partial charge on any atom is 0.357 e. The Hall–Kier alpha value is -4.62. The highest BCUT2D eigenvalue weighted by Gasteiger charge is 2.39. The number of urea groups is 1. The van der Waals surface area contributed by atoms with Crippen molar-refractivity contribution < 1.29 is 41.8 Å². The van der Waals surface area contributed by atoms with Crippen LogP contribution in [0.3, 0.4) is 0 Å². The van der Waals surface area contributed by atoms with E-state index in [1.54, 1.807) is 45.0 Å². The summed E-state index contributed by atoms with van der Waals surface area (Å²) in [5.74, 6) is -2.84. The molecular weight excluding hydrogens is 590 g/mol. The van der Waals surface area contributed by atoms with E-state index >= 15 is 0 Å². The van der Waals surface area contributed by atoms with Crippen LogP contribution in [0.25, 0.3) is 0 Å². The number of halogens is 1. The molecule has 1 heterocycles. The van der Waals surface area contributed by atoms with Gasteiger partial charge < -0.3 is 24.8 Å². The fourth-order valence-corrected chi connectivity index (χ4v) is 5.01. The first-order valence-corrected chi connectivity index (χ1v) is 14.3. The van der Waals surface area contributed by atoms with Gasteiger partial charge in [0.2, 0.25) is 0 Å². The van der Waals surface area contributed by atoms with Crippen LogP contribution in [-0.4, -0.2) is 44.0 Å². The summed E-state index contributed by atoms with van der Waals surface area (Å²) < 4.78 is 44.1. The molecule has 0 bridgehead atoms. The first-order valence-electron chi connectivity index (χ1n) is 12.4. The molecule has 1 aliphatic rings. The lowest BCUT2D eigenvalue weighted by atomic mass is 10.1. The molecule has 1 atom stereocenters. The van der Waals surface area contributed by atoms with Crippen molar-refractivity contribution in [3.05, 3.63) is 82.9 Å². The number of esters is 2. The summed E-state index contributed by atoms with van der Waals surface area (Å²) >= 11 is 6.04. The number of hydrogen-bond donors (Lipinski definition) is 3. The van der Waals surface area contributed by atoms with Crippen LogP contribution in [-0.2, 0) is 35.7 Å². The van der Waals surface area contributed by atoms with Gasteiger partial charge in [-0.2, -0.15) is 0 Å². The summed E-state index contributed by atoms with van der Waals surface area (Å²) in [6.07, 6.45) is -1.67. The molecule has 0 fully saturated rings. The predicted octanol–water partition coefficient (Wildman–Crippen LogP) is 4.25. The minimum absolute atomic E-state index is 0.0377. The highest BCUT2D eigenvalue weighted by molar-refractivity contribution is 7.90. The Balaban J connectivity index is 1.50. The predicted molar refractivity (Wildman–Crippen MR) is 152 cm³/mol. The topological polar surface area (TPSA) is 166 Å². The van der Waals surface area contributed by atoms with Gasteiger partial charge in [-0.1, -0.05) is 48.0 Å². The lowest BCUT2D eigenvalue weighted by Crippen LogP contribution is -2.46. The molecule has 1 aliphatic heterocycles. The molecule has 0 radical (unpaired) electrons. The Morgan fingerprint density at radius 2 is 1.74 bits per heavy atom. The number of nitrogens with one attached hydrogen (secondary N) is 3. The Bertz CT molecular complexity index is 1650. The van der Waals surface area contributed by atoms with Crippen LogP contribution in [0.2, 0.25) is 5.02 Å². The van der Waals surface area contributed by atoms with E-state index in [-0.39, 0.29) is 34.3 Å². The quantitative estimate of drug-likeness (QED) is 0.260. The van der Waals surface area contributed by atoms with Crippen molar-refractivity contribution in [2.24, 2.45) is 0 Å². The van der Waals surface area contributed by atoms with E-state index in [9.17, 15) is 27.6 Å². The highest BCUT2D eigenvalue weighted by atomic mass is 35.5. The molecular formula is C28H26ClN3O9S. The summed E-state index contributed by atoms with van der Waals surface area (Å²) in [6, 6.07) is 15.4. The Morgan fingerprint density at radius 3 is 2.43 bits per heavy atom. The standard InChI is InChI=1S/C28H26ClN3O9S/c1-28(2,3)41-26(35)23-24(33)31-22-20(40-23)10-7-11-21(22)42(37,38)32-27(36)30-19-14-17(29)12-13-18(19)25(34)39-15-16-8-5-4-6-9-16/h4-14,23H,15H2,1-3H3,(H,31,33)(H2,30,32,36). The molecule has 0 spiro atoms. The van der Waals surface area contributed by atoms with Gasteiger partial charge in [0.1, 0.15) is 28.5 Å². The zero-order chi connectivity index (χ0) is 30.7. The van der Waals surface area contributed by atoms with Crippen LogP contribution in [0.15, 0.2) is 71.6 Å². The number of fused-ring (bicyclic) bond motifs is 1. The highest BCUT2D eigenvalue weighted by Crippen LogP contribution is 2.36. The van der Waals surface area contributed by atoms with Crippen LogP contribution in [0.1, 0.15) is 36.7 Å². The van der Waals surface area contributed by atoms with Crippen molar-refractivity contribution in [2.45, 2.75) is 44.0 Å². The molecule has 14 heteroatoms. The van der Waals surface area contributed by atoms with Crippen LogP contribution in [0.4, 0.5) is 16.2 Å². The van der Waals surface area contributed by atoms with Gasteiger partial charge in [-0.25, -0.2) is 27.5 Å². The number of carbonyl (C=O) groups excluding carboxylic acids is 4. The lowest BCUT2D eigenvalue weighted by molar-refractivity contribution is -0.165. The summed E-state index contributed by atoms with van der Waals surface area (Å²) in [5, 5.41) is 4.79. The monoisotopic (exact) mass is 615 g/mol. The molecule has 3 amide bonds. The van der Waals surface area contributed by atoms with E-state index < -0.39 is 50.5 Å². The van der Waals surface area contributed by atoms with Gasteiger partial charge in [0.05, 0.1) is 11.3 Å². The third-order valence-corrected chi connectivity index (χ3v) is 7.13. The van der Waals surface area contributed by atoms with E-state index in [1.807, 2.05) is 10.8 Å². The second-order valence-electron chi connectivity index (χ2n) is 9.96. The van der Waals surface area contributed by atoms with Crippen molar-refractivity contribution in [3.63, 3.8) is 0 Å². The van der Waals surface area contributed by atoms with Gasteiger partial charge in [-0.3, -0.25) is 4.79 Å². The van der Waals surface area contributed by atoms with Crippen LogP contribution >= 0.6 is 11.6 Å². The molecule has 3 N–H and O–H groups in total. The fraction of sp³-hybridized carbons (Fsp3) is 0.214. The molecule has 0 saturated heterocycles. The molecule has 4 rings (SSSR count). The summed E-state index contributed by atoms with van der Waals surface area (Å²) in [7, 11) is -4.62. The number of amides is 3. The third-order valence-electron chi connectivity index (χ3n) is 5.52. The van der Waals surface area contributed by atoms with Crippen LogP contribution < -0.4 is 20.1 Å². The number of carbonyl (C=O) groups is 4. The number of sulfonamides is 1. The second-order valence-corrected chi connectivity index (χ2v) is 12.0. The molecule has 220 valence electrons. The van der Waals surface area contributed by atoms with E-state index in [2.05, 4.69) is 10.6 Å². The minimum atomic E-state index is -4.62. The van der Waals surface area contributed by atoms with Crippen molar-refractivity contribution in [1.29, 1.82) is 0 Å². The van der Waals surface area contributed by atoms with Crippen molar-refractivity contribution >= 4 is 56.9 Å². The maximum absolute atomic E-state index is 13.2. The number of hydrogen-bond acceptors (Lipinski definition) is 9. The van der Waals surface area contributed by atoms with E-state index in [1.165, 1.54) is 30.3 Å². The van der Waals surface area contributed by atoms with Gasteiger partial charge >= 0.3 is 18.0 Å². The van der Waals surface area contributed by atoms with Gasteiger partial charge in [-0.05, 0) is 56.7 Å². The van der Waals surface area contributed by atoms with E-state index in [0.717, 1.165) is 11.6 Å². The number of benzene rings is 3. The SMILES string of the molecule is CC(C)(C)OC(=O)C1Oc2cccc(S(=O)(=O)NC(=O)Nc3cc(Cl)ccc3C(=O)OCc3ccccc3)c2NC1=O. The number of ether oxygens (including phenoxy) is 3. The molecule has 42 heavy (non-hydrogen) atoms. The number of anilines is 2. The molecule has 1 unspecified atom stereocenters. The first kappa shape index (κ1) is 30.3. The van der Waals surface area contributed by atoms with Gasteiger partial charge in [0.15, 0.2) is 0 Å². The average molecular weight is 616 g/mol. The summed E-state index contributed by atoms with van der Waals surface area (Å²) in [6.45, 7) is 4.80. The largest absolute Gasteiger partial charge is 0.466 e.